The maximum Gasteiger partial charge on any atom is 0.200 e. The number of carbonyl (C=O) groups excluding carboxylic acids is 1. The van der Waals surface area contributed by atoms with Crippen LogP contribution in [0.15, 0.2) is 71.7 Å². The van der Waals surface area contributed by atoms with E-state index in [0.717, 1.165) is 5.56 Å². The second-order valence-electron chi connectivity index (χ2n) is 7.19. The molecular weight excluding hydrogens is 449 g/mol. The average molecular weight is 468 g/mol. The van der Waals surface area contributed by atoms with E-state index in [9.17, 15) is 9.59 Å². The molecule has 0 spiro atoms. The number of aromatic nitrogens is 1. The van der Waals surface area contributed by atoms with Crippen molar-refractivity contribution in [3.8, 4) is 11.5 Å². The van der Waals surface area contributed by atoms with E-state index < -0.39 is 0 Å². The van der Waals surface area contributed by atoms with Crippen LogP contribution in [0, 0.1) is 0 Å². The van der Waals surface area contributed by atoms with Crippen molar-refractivity contribution in [1.82, 2.24) is 4.57 Å². The van der Waals surface area contributed by atoms with Crippen molar-refractivity contribution in [2.75, 3.05) is 14.2 Å². The van der Waals surface area contributed by atoms with Crippen LogP contribution >= 0.6 is 23.2 Å². The number of pyridine rings is 1. The summed E-state index contributed by atoms with van der Waals surface area (Å²) in [4.78, 5) is 26.6. The number of nitrogens with zero attached hydrogens (tertiary/aromatic N) is 1. The van der Waals surface area contributed by atoms with Crippen LogP contribution in [0.5, 0.6) is 11.5 Å². The van der Waals surface area contributed by atoms with Crippen molar-refractivity contribution >= 4 is 39.9 Å². The van der Waals surface area contributed by atoms with Crippen LogP contribution in [0.1, 0.15) is 21.5 Å². The third-order valence-electron chi connectivity index (χ3n) is 5.20. The van der Waals surface area contributed by atoms with Crippen LogP contribution in [0.4, 0.5) is 0 Å². The van der Waals surface area contributed by atoms with E-state index in [2.05, 4.69) is 0 Å². The number of ether oxygens (including phenoxy) is 2. The molecule has 1 heterocycles. The number of carbonyl (C=O) groups is 1. The summed E-state index contributed by atoms with van der Waals surface area (Å²) >= 11 is 12.0. The number of hydrogen-bond donors (Lipinski definition) is 0. The average Bonchev–Trinajstić information content (AvgIpc) is 2.81. The zero-order valence-electron chi connectivity index (χ0n) is 17.4. The van der Waals surface area contributed by atoms with Crippen molar-refractivity contribution in [2.24, 2.45) is 0 Å². The van der Waals surface area contributed by atoms with E-state index in [1.54, 1.807) is 54.7 Å². The Kier molecular flexibility index (Phi) is 6.21. The SMILES string of the molecule is COc1cc2c(=O)c(C(=O)c3ccc(Cl)cc3)cn(Cc3ccc(Cl)cc3)c2cc1OC. The fourth-order valence-electron chi connectivity index (χ4n) is 3.55. The zero-order valence-corrected chi connectivity index (χ0v) is 18.9. The van der Waals surface area contributed by atoms with Gasteiger partial charge in [0.25, 0.3) is 0 Å². The summed E-state index contributed by atoms with van der Waals surface area (Å²) in [5.41, 5.74) is 1.63. The summed E-state index contributed by atoms with van der Waals surface area (Å²) in [6.45, 7) is 0.421. The van der Waals surface area contributed by atoms with E-state index in [1.807, 2.05) is 16.7 Å². The molecule has 4 rings (SSSR count). The Hall–Kier alpha value is -3.28. The molecule has 4 aromatic rings. The number of ketones is 1. The molecule has 7 heteroatoms. The van der Waals surface area contributed by atoms with Gasteiger partial charge in [-0.1, -0.05) is 35.3 Å². The van der Waals surface area contributed by atoms with E-state index in [1.165, 1.54) is 14.2 Å². The Balaban J connectivity index is 1.95. The standard InChI is InChI=1S/C25H19Cl2NO4/c1-31-22-11-19-21(12-23(22)32-2)28(13-15-3-7-17(26)8-4-15)14-20(25(19)30)24(29)16-5-9-18(27)10-6-16/h3-12,14H,13H2,1-2H3. The quantitative estimate of drug-likeness (QED) is 0.346. The molecule has 0 bridgehead atoms. The van der Waals surface area contributed by atoms with Crippen LogP contribution in [-0.2, 0) is 6.54 Å². The first kappa shape index (κ1) is 21.9. The first-order valence-electron chi connectivity index (χ1n) is 9.75. The predicted molar refractivity (Wildman–Crippen MR) is 127 cm³/mol. The molecule has 0 fully saturated rings. The summed E-state index contributed by atoms with van der Waals surface area (Å²) in [5, 5.41) is 1.50. The highest BCUT2D eigenvalue weighted by Crippen LogP contribution is 2.31. The van der Waals surface area contributed by atoms with Crippen LogP contribution in [0.2, 0.25) is 10.0 Å². The lowest BCUT2D eigenvalue weighted by atomic mass is 10.0. The smallest absolute Gasteiger partial charge is 0.200 e. The van der Waals surface area contributed by atoms with Gasteiger partial charge in [0.15, 0.2) is 17.3 Å². The van der Waals surface area contributed by atoms with Gasteiger partial charge in [-0.2, -0.15) is 0 Å². The summed E-state index contributed by atoms with van der Waals surface area (Å²) in [5.74, 6) is 0.514. The molecule has 1 aromatic heterocycles. The maximum absolute atomic E-state index is 13.4. The Labute approximate surface area is 194 Å². The molecule has 3 aromatic carbocycles. The summed E-state index contributed by atoms with van der Waals surface area (Å²) in [7, 11) is 3.03. The number of methoxy groups -OCH3 is 2. The van der Waals surface area contributed by atoms with Crippen molar-refractivity contribution in [1.29, 1.82) is 0 Å². The molecule has 0 amide bonds. The normalized spacial score (nSPS) is 10.9. The molecule has 32 heavy (non-hydrogen) atoms. The van der Waals surface area contributed by atoms with Gasteiger partial charge in [-0.25, -0.2) is 0 Å². The highest BCUT2D eigenvalue weighted by atomic mass is 35.5. The third-order valence-corrected chi connectivity index (χ3v) is 5.71. The lowest BCUT2D eigenvalue weighted by molar-refractivity contribution is 0.103. The van der Waals surface area contributed by atoms with Gasteiger partial charge in [0.1, 0.15) is 0 Å². The van der Waals surface area contributed by atoms with Crippen LogP contribution in [0.25, 0.3) is 10.9 Å². The van der Waals surface area contributed by atoms with Crippen molar-refractivity contribution in [3.05, 3.63) is 104 Å². The molecule has 0 aliphatic rings. The molecule has 0 aliphatic heterocycles. The largest absolute Gasteiger partial charge is 0.493 e. The zero-order chi connectivity index (χ0) is 22.8. The minimum absolute atomic E-state index is 0.0565. The molecule has 162 valence electrons. The topological polar surface area (TPSA) is 57.5 Å². The molecule has 0 saturated heterocycles. The summed E-state index contributed by atoms with van der Waals surface area (Å²) in [6.07, 6.45) is 1.59. The van der Waals surface area contributed by atoms with Gasteiger partial charge < -0.3 is 14.0 Å². The Morgan fingerprint density at radius 1 is 0.875 bits per heavy atom. The predicted octanol–water partition coefficient (Wildman–Crippen LogP) is 5.60. The molecular formula is C25H19Cl2NO4. The van der Waals surface area contributed by atoms with Gasteiger partial charge in [-0.3, -0.25) is 9.59 Å². The lowest BCUT2D eigenvalue weighted by Gasteiger charge is -2.16. The first-order chi connectivity index (χ1) is 15.4. The number of hydrogen-bond acceptors (Lipinski definition) is 4. The van der Waals surface area contributed by atoms with Crippen molar-refractivity contribution < 1.29 is 14.3 Å². The van der Waals surface area contributed by atoms with Gasteiger partial charge in [0, 0.05) is 34.4 Å². The molecule has 0 radical (unpaired) electrons. The second-order valence-corrected chi connectivity index (χ2v) is 8.06. The number of benzene rings is 3. The Bertz CT molecular complexity index is 1360. The number of rotatable bonds is 6. The maximum atomic E-state index is 13.4. The fourth-order valence-corrected chi connectivity index (χ4v) is 3.80. The Morgan fingerprint density at radius 3 is 2.03 bits per heavy atom. The second kappa shape index (κ2) is 9.07. The Morgan fingerprint density at radius 2 is 1.44 bits per heavy atom. The molecule has 0 N–H and O–H groups in total. The van der Waals surface area contributed by atoms with Crippen LogP contribution in [0.3, 0.4) is 0 Å². The monoisotopic (exact) mass is 467 g/mol. The highest BCUT2D eigenvalue weighted by Gasteiger charge is 2.19. The van der Waals surface area contributed by atoms with Gasteiger partial charge in [-0.15, -0.1) is 0 Å². The van der Waals surface area contributed by atoms with Crippen molar-refractivity contribution in [3.63, 3.8) is 0 Å². The van der Waals surface area contributed by atoms with Crippen molar-refractivity contribution in [2.45, 2.75) is 6.54 Å². The number of halogens is 2. The van der Waals surface area contributed by atoms with Gasteiger partial charge in [-0.05, 0) is 48.0 Å². The summed E-state index contributed by atoms with van der Waals surface area (Å²) in [6, 6.07) is 17.2. The van der Waals surface area contributed by atoms with Gasteiger partial charge >= 0.3 is 0 Å². The van der Waals surface area contributed by atoms with Gasteiger partial charge in [0.05, 0.1) is 30.7 Å². The molecule has 0 unspecified atom stereocenters. The van der Waals surface area contributed by atoms with E-state index >= 15 is 0 Å². The molecule has 0 saturated carbocycles. The first-order valence-corrected chi connectivity index (χ1v) is 10.5. The van der Waals surface area contributed by atoms with E-state index in [4.69, 9.17) is 32.7 Å². The van der Waals surface area contributed by atoms with E-state index in [0.29, 0.717) is 44.6 Å². The van der Waals surface area contributed by atoms with Crippen LogP contribution in [-0.4, -0.2) is 24.6 Å². The number of fused-ring (bicyclic) bond motifs is 1. The minimum atomic E-state index is -0.381. The minimum Gasteiger partial charge on any atom is -0.493 e. The van der Waals surface area contributed by atoms with Crippen LogP contribution < -0.4 is 14.9 Å². The fraction of sp³-hybridized carbons (Fsp3) is 0.120. The van der Waals surface area contributed by atoms with E-state index in [-0.39, 0.29) is 16.8 Å². The molecule has 0 atom stereocenters. The molecule has 5 nitrogen and oxygen atoms in total. The third kappa shape index (κ3) is 4.22. The summed E-state index contributed by atoms with van der Waals surface area (Å²) < 4.78 is 12.7. The molecule has 0 aliphatic carbocycles. The highest BCUT2D eigenvalue weighted by molar-refractivity contribution is 6.31. The van der Waals surface area contributed by atoms with Gasteiger partial charge in [0.2, 0.25) is 5.43 Å². The lowest BCUT2D eigenvalue weighted by Crippen LogP contribution is -2.20.